The predicted molar refractivity (Wildman–Crippen MR) is 53.1 cm³/mol. The zero-order valence-electron chi connectivity index (χ0n) is 7.27. The molecule has 0 aromatic heterocycles. The van der Waals surface area contributed by atoms with Crippen LogP contribution in [0.2, 0.25) is 0 Å². The topological polar surface area (TPSA) is 80.4 Å². The number of hydrogen-bond acceptors (Lipinski definition) is 4. The normalized spacial score (nSPS) is 17.6. The Morgan fingerprint density at radius 3 is 2.71 bits per heavy atom. The minimum atomic E-state index is -3.44. The second-order valence-electron chi connectivity index (χ2n) is 3.07. The van der Waals surface area contributed by atoms with E-state index in [0.717, 1.165) is 5.41 Å². The molecule has 1 aromatic rings. The van der Waals surface area contributed by atoms with Crippen LogP contribution in [0.4, 0.5) is 5.69 Å². The van der Waals surface area contributed by atoms with Gasteiger partial charge in [0.25, 0.3) is 0 Å². The summed E-state index contributed by atoms with van der Waals surface area (Å²) >= 11 is 0. The SMILES string of the molecule is Nc1cccc2c1S(=O)(=O)C=C2CO. The number of nitrogen functional groups attached to an aromatic ring is 1. The smallest absolute Gasteiger partial charge is 0.202 e. The van der Waals surface area contributed by atoms with Gasteiger partial charge in [0.1, 0.15) is 4.90 Å². The first-order valence-electron chi connectivity index (χ1n) is 4.01. The van der Waals surface area contributed by atoms with Gasteiger partial charge in [-0.25, -0.2) is 8.42 Å². The van der Waals surface area contributed by atoms with Gasteiger partial charge in [0.05, 0.1) is 12.3 Å². The summed E-state index contributed by atoms with van der Waals surface area (Å²) < 4.78 is 23.2. The molecule has 0 fully saturated rings. The highest BCUT2D eigenvalue weighted by atomic mass is 32.2. The van der Waals surface area contributed by atoms with Crippen molar-refractivity contribution in [3.8, 4) is 0 Å². The first-order valence-corrected chi connectivity index (χ1v) is 5.56. The van der Waals surface area contributed by atoms with E-state index in [1.807, 2.05) is 0 Å². The Hall–Kier alpha value is -1.33. The molecule has 3 N–H and O–H groups in total. The van der Waals surface area contributed by atoms with Crippen molar-refractivity contribution in [2.45, 2.75) is 4.90 Å². The van der Waals surface area contributed by atoms with Gasteiger partial charge in [-0.1, -0.05) is 12.1 Å². The molecule has 0 radical (unpaired) electrons. The minimum Gasteiger partial charge on any atom is -0.398 e. The average molecular weight is 211 g/mol. The number of hydrogen-bond donors (Lipinski definition) is 2. The van der Waals surface area contributed by atoms with E-state index in [-0.39, 0.29) is 17.2 Å². The summed E-state index contributed by atoms with van der Waals surface area (Å²) in [5.41, 5.74) is 6.70. The zero-order chi connectivity index (χ0) is 10.3. The van der Waals surface area contributed by atoms with Gasteiger partial charge >= 0.3 is 0 Å². The summed E-state index contributed by atoms with van der Waals surface area (Å²) in [6.07, 6.45) is 0. The van der Waals surface area contributed by atoms with Crippen LogP contribution in [-0.4, -0.2) is 20.1 Å². The van der Waals surface area contributed by atoms with Crippen LogP contribution in [0.25, 0.3) is 5.57 Å². The Morgan fingerprint density at radius 1 is 1.36 bits per heavy atom. The molecule has 1 aliphatic rings. The van der Waals surface area contributed by atoms with Gasteiger partial charge in [0.2, 0.25) is 9.84 Å². The highest BCUT2D eigenvalue weighted by Gasteiger charge is 2.28. The lowest BCUT2D eigenvalue weighted by molar-refractivity contribution is 0.350. The summed E-state index contributed by atoms with van der Waals surface area (Å²) in [6.45, 7) is -0.296. The number of nitrogens with two attached hydrogens (primary N) is 1. The van der Waals surface area contributed by atoms with Crippen LogP contribution >= 0.6 is 0 Å². The number of aliphatic hydroxyl groups is 1. The molecule has 1 heterocycles. The van der Waals surface area contributed by atoms with E-state index in [0.29, 0.717) is 11.1 Å². The van der Waals surface area contributed by atoms with Crippen molar-refractivity contribution in [2.24, 2.45) is 0 Å². The van der Waals surface area contributed by atoms with Crippen LogP contribution in [0.1, 0.15) is 5.56 Å². The van der Waals surface area contributed by atoms with E-state index in [9.17, 15) is 8.42 Å². The maximum absolute atomic E-state index is 11.6. The summed E-state index contributed by atoms with van der Waals surface area (Å²) in [6, 6.07) is 4.83. The molecule has 0 bridgehead atoms. The van der Waals surface area contributed by atoms with Crippen LogP contribution < -0.4 is 5.73 Å². The van der Waals surface area contributed by atoms with Crippen molar-refractivity contribution in [1.82, 2.24) is 0 Å². The third kappa shape index (κ3) is 1.13. The number of fused-ring (bicyclic) bond motifs is 1. The maximum Gasteiger partial charge on any atom is 0.202 e. The van der Waals surface area contributed by atoms with Crippen molar-refractivity contribution in [3.63, 3.8) is 0 Å². The first-order chi connectivity index (χ1) is 6.56. The summed E-state index contributed by atoms with van der Waals surface area (Å²) in [4.78, 5) is 0.115. The van der Waals surface area contributed by atoms with E-state index >= 15 is 0 Å². The fourth-order valence-corrected chi connectivity index (χ4v) is 3.15. The largest absolute Gasteiger partial charge is 0.398 e. The first kappa shape index (κ1) is 9.23. The molecule has 2 rings (SSSR count). The molecule has 1 aliphatic heterocycles. The standard InChI is InChI=1S/C9H9NO3S/c10-8-3-1-2-7-6(4-11)5-14(12,13)9(7)8/h1-3,5,11H,4,10H2. The Bertz CT molecular complexity index is 517. The molecular formula is C9H9NO3S. The zero-order valence-corrected chi connectivity index (χ0v) is 8.08. The molecular weight excluding hydrogens is 202 g/mol. The van der Waals surface area contributed by atoms with Gasteiger partial charge in [0.15, 0.2) is 0 Å². The van der Waals surface area contributed by atoms with E-state index in [1.54, 1.807) is 12.1 Å². The van der Waals surface area contributed by atoms with Gasteiger partial charge in [-0.05, 0) is 11.6 Å². The third-order valence-corrected chi connectivity index (χ3v) is 3.76. The summed E-state index contributed by atoms with van der Waals surface area (Å²) in [5, 5.41) is 10.0. The fraction of sp³-hybridized carbons (Fsp3) is 0.111. The van der Waals surface area contributed by atoms with Crippen molar-refractivity contribution < 1.29 is 13.5 Å². The molecule has 14 heavy (non-hydrogen) atoms. The highest BCUT2D eigenvalue weighted by molar-refractivity contribution is 7.95. The van der Waals surface area contributed by atoms with Gasteiger partial charge < -0.3 is 10.8 Å². The van der Waals surface area contributed by atoms with Gasteiger partial charge in [0, 0.05) is 11.0 Å². The number of sulfone groups is 1. The number of anilines is 1. The molecule has 0 unspecified atom stereocenters. The number of aliphatic hydroxyl groups excluding tert-OH is 1. The molecule has 4 nitrogen and oxygen atoms in total. The highest BCUT2D eigenvalue weighted by Crippen LogP contribution is 2.36. The van der Waals surface area contributed by atoms with Gasteiger partial charge in [-0.2, -0.15) is 0 Å². The minimum absolute atomic E-state index is 0.115. The molecule has 74 valence electrons. The van der Waals surface area contributed by atoms with Crippen LogP contribution in [0, 0.1) is 0 Å². The van der Waals surface area contributed by atoms with Gasteiger partial charge in [-0.3, -0.25) is 0 Å². The molecule has 0 aliphatic carbocycles. The van der Waals surface area contributed by atoms with Crippen LogP contribution in [0.5, 0.6) is 0 Å². The summed E-state index contributed by atoms with van der Waals surface area (Å²) in [5.74, 6) is 0. The van der Waals surface area contributed by atoms with Crippen molar-refractivity contribution in [2.75, 3.05) is 12.3 Å². The molecule has 0 saturated heterocycles. The fourth-order valence-electron chi connectivity index (χ4n) is 1.56. The molecule has 0 amide bonds. The maximum atomic E-state index is 11.6. The van der Waals surface area contributed by atoms with E-state index < -0.39 is 9.84 Å². The average Bonchev–Trinajstić information content (AvgIpc) is 2.39. The monoisotopic (exact) mass is 211 g/mol. The third-order valence-electron chi connectivity index (χ3n) is 2.14. The second kappa shape index (κ2) is 2.83. The van der Waals surface area contributed by atoms with Crippen molar-refractivity contribution >= 4 is 21.1 Å². The molecule has 0 atom stereocenters. The Labute approximate surface area is 81.6 Å². The predicted octanol–water partition coefficient (Wildman–Crippen LogP) is 0.389. The Morgan fingerprint density at radius 2 is 2.07 bits per heavy atom. The van der Waals surface area contributed by atoms with Crippen molar-refractivity contribution in [3.05, 3.63) is 29.2 Å². The lowest BCUT2D eigenvalue weighted by Crippen LogP contribution is -1.99. The lowest BCUT2D eigenvalue weighted by Gasteiger charge is -2.03. The van der Waals surface area contributed by atoms with E-state index in [4.69, 9.17) is 10.8 Å². The van der Waals surface area contributed by atoms with Crippen LogP contribution in [0.3, 0.4) is 0 Å². The van der Waals surface area contributed by atoms with E-state index in [2.05, 4.69) is 0 Å². The molecule has 1 aromatic carbocycles. The van der Waals surface area contributed by atoms with Crippen LogP contribution in [0.15, 0.2) is 28.5 Å². The molecule has 5 heteroatoms. The van der Waals surface area contributed by atoms with Gasteiger partial charge in [-0.15, -0.1) is 0 Å². The lowest BCUT2D eigenvalue weighted by atomic mass is 10.1. The van der Waals surface area contributed by atoms with Crippen molar-refractivity contribution in [1.29, 1.82) is 0 Å². The Kier molecular flexibility index (Phi) is 1.87. The quantitative estimate of drug-likeness (QED) is 0.658. The number of rotatable bonds is 1. The molecule has 0 spiro atoms. The van der Waals surface area contributed by atoms with Crippen LogP contribution in [-0.2, 0) is 9.84 Å². The summed E-state index contributed by atoms with van der Waals surface area (Å²) in [7, 11) is -3.44. The second-order valence-corrected chi connectivity index (χ2v) is 4.80. The number of benzene rings is 1. The van der Waals surface area contributed by atoms with E-state index in [1.165, 1.54) is 6.07 Å². The Balaban J connectivity index is 2.82. The molecule has 0 saturated carbocycles.